The SMILES string of the molecule is CN1CCN(C)C(c2cccs2)C1. The van der Waals surface area contributed by atoms with Gasteiger partial charge in [-0.1, -0.05) is 6.07 Å². The van der Waals surface area contributed by atoms with E-state index in [9.17, 15) is 0 Å². The summed E-state index contributed by atoms with van der Waals surface area (Å²) in [7, 11) is 4.42. The Labute approximate surface area is 83.8 Å². The molecule has 0 aliphatic carbocycles. The molecular weight excluding hydrogens is 180 g/mol. The van der Waals surface area contributed by atoms with E-state index < -0.39 is 0 Å². The third-order valence-electron chi connectivity index (χ3n) is 2.72. The maximum Gasteiger partial charge on any atom is 0.0566 e. The van der Waals surface area contributed by atoms with E-state index in [4.69, 9.17) is 0 Å². The van der Waals surface area contributed by atoms with Crippen molar-refractivity contribution in [3.63, 3.8) is 0 Å². The molecule has 1 saturated heterocycles. The number of likely N-dealkylation sites (N-methyl/N-ethyl adjacent to an activating group) is 2. The molecule has 13 heavy (non-hydrogen) atoms. The molecule has 1 aromatic rings. The Morgan fingerprint density at radius 2 is 2.23 bits per heavy atom. The quantitative estimate of drug-likeness (QED) is 0.674. The first-order valence-electron chi connectivity index (χ1n) is 4.69. The molecule has 2 nitrogen and oxygen atoms in total. The largest absolute Gasteiger partial charge is 0.303 e. The number of nitrogens with zero attached hydrogens (tertiary/aromatic N) is 2. The number of hydrogen-bond acceptors (Lipinski definition) is 3. The summed E-state index contributed by atoms with van der Waals surface area (Å²) < 4.78 is 0. The third kappa shape index (κ3) is 1.93. The van der Waals surface area contributed by atoms with E-state index in [1.165, 1.54) is 18.0 Å². The van der Waals surface area contributed by atoms with Crippen LogP contribution in [0.15, 0.2) is 17.5 Å². The molecule has 2 rings (SSSR count). The Morgan fingerprint density at radius 1 is 1.38 bits per heavy atom. The van der Waals surface area contributed by atoms with Crippen molar-refractivity contribution in [3.8, 4) is 0 Å². The third-order valence-corrected chi connectivity index (χ3v) is 3.70. The molecule has 2 heterocycles. The van der Waals surface area contributed by atoms with Gasteiger partial charge in [0.25, 0.3) is 0 Å². The molecule has 3 heteroatoms. The minimum Gasteiger partial charge on any atom is -0.303 e. The topological polar surface area (TPSA) is 6.48 Å². The van der Waals surface area contributed by atoms with Crippen molar-refractivity contribution in [1.82, 2.24) is 9.80 Å². The monoisotopic (exact) mass is 196 g/mol. The molecule has 1 aromatic heterocycles. The molecule has 0 spiro atoms. The normalized spacial score (nSPS) is 26.5. The molecule has 1 aliphatic rings. The van der Waals surface area contributed by atoms with E-state index in [0.717, 1.165) is 6.54 Å². The number of rotatable bonds is 1. The molecule has 72 valence electrons. The molecule has 1 unspecified atom stereocenters. The van der Waals surface area contributed by atoms with Gasteiger partial charge in [-0.15, -0.1) is 11.3 Å². The fourth-order valence-corrected chi connectivity index (χ4v) is 2.68. The van der Waals surface area contributed by atoms with Crippen molar-refractivity contribution in [3.05, 3.63) is 22.4 Å². The van der Waals surface area contributed by atoms with E-state index in [2.05, 4.69) is 41.4 Å². The van der Waals surface area contributed by atoms with Crippen LogP contribution < -0.4 is 0 Å². The van der Waals surface area contributed by atoms with Crippen LogP contribution in [0.25, 0.3) is 0 Å². The van der Waals surface area contributed by atoms with Crippen molar-refractivity contribution in [2.24, 2.45) is 0 Å². The van der Waals surface area contributed by atoms with E-state index in [1.54, 1.807) is 0 Å². The molecule has 0 radical (unpaired) electrons. The highest BCUT2D eigenvalue weighted by Gasteiger charge is 2.23. The predicted octanol–water partition coefficient (Wildman–Crippen LogP) is 1.67. The summed E-state index contributed by atoms with van der Waals surface area (Å²) >= 11 is 1.87. The average Bonchev–Trinajstić information content (AvgIpc) is 2.61. The molecule has 0 bridgehead atoms. The minimum atomic E-state index is 0.610. The fourth-order valence-electron chi connectivity index (χ4n) is 1.80. The average molecular weight is 196 g/mol. The van der Waals surface area contributed by atoms with Crippen LogP contribution in [-0.4, -0.2) is 43.5 Å². The lowest BCUT2D eigenvalue weighted by Crippen LogP contribution is -2.44. The summed E-state index contributed by atoms with van der Waals surface area (Å²) in [6.07, 6.45) is 0. The first kappa shape index (κ1) is 9.19. The second-order valence-corrected chi connectivity index (χ2v) is 4.75. The van der Waals surface area contributed by atoms with Gasteiger partial charge >= 0.3 is 0 Å². The van der Waals surface area contributed by atoms with Gasteiger partial charge in [0, 0.05) is 24.5 Å². The summed E-state index contributed by atoms with van der Waals surface area (Å²) in [6.45, 7) is 3.54. The van der Waals surface area contributed by atoms with Gasteiger partial charge in [-0.3, -0.25) is 4.90 Å². The van der Waals surface area contributed by atoms with Crippen LogP contribution in [0.5, 0.6) is 0 Å². The second kappa shape index (κ2) is 3.78. The smallest absolute Gasteiger partial charge is 0.0566 e. The minimum absolute atomic E-state index is 0.610. The molecule has 1 aliphatic heterocycles. The summed E-state index contributed by atoms with van der Waals surface area (Å²) in [5.41, 5.74) is 0. The first-order chi connectivity index (χ1) is 6.27. The van der Waals surface area contributed by atoms with Crippen molar-refractivity contribution in [1.29, 1.82) is 0 Å². The van der Waals surface area contributed by atoms with Gasteiger partial charge in [0.1, 0.15) is 0 Å². The van der Waals surface area contributed by atoms with Crippen LogP contribution in [0.1, 0.15) is 10.9 Å². The Hall–Kier alpha value is -0.380. The zero-order valence-electron chi connectivity index (χ0n) is 8.23. The maximum absolute atomic E-state index is 2.45. The van der Waals surface area contributed by atoms with E-state index in [0.29, 0.717) is 6.04 Å². The first-order valence-corrected chi connectivity index (χ1v) is 5.57. The highest BCUT2D eigenvalue weighted by atomic mass is 32.1. The van der Waals surface area contributed by atoms with Crippen LogP contribution in [-0.2, 0) is 0 Å². The van der Waals surface area contributed by atoms with Gasteiger partial charge < -0.3 is 4.90 Å². The van der Waals surface area contributed by atoms with Crippen molar-refractivity contribution >= 4 is 11.3 Å². The second-order valence-electron chi connectivity index (χ2n) is 3.77. The molecule has 0 saturated carbocycles. The fraction of sp³-hybridized carbons (Fsp3) is 0.600. The van der Waals surface area contributed by atoms with E-state index in [1.807, 2.05) is 11.3 Å². The highest BCUT2D eigenvalue weighted by Crippen LogP contribution is 2.26. The highest BCUT2D eigenvalue weighted by molar-refractivity contribution is 7.10. The number of piperazine rings is 1. The summed E-state index contributed by atoms with van der Waals surface area (Å²) in [5, 5.41) is 2.16. The lowest BCUT2D eigenvalue weighted by molar-refractivity contribution is 0.117. The van der Waals surface area contributed by atoms with Crippen molar-refractivity contribution < 1.29 is 0 Å². The van der Waals surface area contributed by atoms with E-state index in [-0.39, 0.29) is 0 Å². The Kier molecular flexibility index (Phi) is 2.67. The van der Waals surface area contributed by atoms with Crippen molar-refractivity contribution in [2.75, 3.05) is 33.7 Å². The Balaban J connectivity index is 2.12. The summed E-state index contributed by atoms with van der Waals surface area (Å²) in [6, 6.07) is 4.99. The van der Waals surface area contributed by atoms with Gasteiger partial charge in [0.05, 0.1) is 6.04 Å². The number of hydrogen-bond donors (Lipinski definition) is 0. The molecule has 0 aromatic carbocycles. The molecular formula is C10H16N2S. The van der Waals surface area contributed by atoms with Gasteiger partial charge in [-0.25, -0.2) is 0 Å². The molecule has 0 N–H and O–H groups in total. The molecule has 1 fully saturated rings. The zero-order valence-corrected chi connectivity index (χ0v) is 9.05. The molecule has 0 amide bonds. The maximum atomic E-state index is 2.45. The zero-order chi connectivity index (χ0) is 9.26. The van der Waals surface area contributed by atoms with Gasteiger partial charge in [-0.05, 0) is 25.5 Å². The number of thiophene rings is 1. The Morgan fingerprint density at radius 3 is 2.92 bits per heavy atom. The van der Waals surface area contributed by atoms with Gasteiger partial charge in [-0.2, -0.15) is 0 Å². The lowest BCUT2D eigenvalue weighted by atomic mass is 10.1. The van der Waals surface area contributed by atoms with Gasteiger partial charge in [0.2, 0.25) is 0 Å². The van der Waals surface area contributed by atoms with Crippen LogP contribution in [0, 0.1) is 0 Å². The van der Waals surface area contributed by atoms with Crippen LogP contribution in [0.3, 0.4) is 0 Å². The molecule has 1 atom stereocenters. The lowest BCUT2D eigenvalue weighted by Gasteiger charge is -2.37. The summed E-state index contributed by atoms with van der Waals surface area (Å²) in [5.74, 6) is 0. The predicted molar refractivity (Wildman–Crippen MR) is 57.2 cm³/mol. The van der Waals surface area contributed by atoms with Crippen LogP contribution in [0.2, 0.25) is 0 Å². The van der Waals surface area contributed by atoms with E-state index >= 15 is 0 Å². The van der Waals surface area contributed by atoms with Gasteiger partial charge in [0.15, 0.2) is 0 Å². The van der Waals surface area contributed by atoms with Crippen molar-refractivity contribution in [2.45, 2.75) is 6.04 Å². The van der Waals surface area contributed by atoms with Crippen LogP contribution >= 0.6 is 11.3 Å². The standard InChI is InChI=1S/C10H16N2S/c1-11-5-6-12(2)9(8-11)10-4-3-7-13-10/h3-4,7,9H,5-6,8H2,1-2H3. The Bertz CT molecular complexity index is 258. The van der Waals surface area contributed by atoms with Crippen LogP contribution in [0.4, 0.5) is 0 Å². The summed E-state index contributed by atoms with van der Waals surface area (Å²) in [4.78, 5) is 6.35.